The van der Waals surface area contributed by atoms with Crippen LogP contribution >= 0.6 is 0 Å². The molecule has 0 saturated carbocycles. The summed E-state index contributed by atoms with van der Waals surface area (Å²) < 4.78 is 0. The van der Waals surface area contributed by atoms with Gasteiger partial charge >= 0.3 is 0 Å². The summed E-state index contributed by atoms with van der Waals surface area (Å²) in [5, 5.41) is 6.48. The normalized spacial score (nSPS) is 10.0. The summed E-state index contributed by atoms with van der Waals surface area (Å²) in [6.45, 7) is 0. The Balaban J connectivity index is 1.69. The number of anilines is 4. The lowest BCUT2D eigenvalue weighted by molar-refractivity contribution is 1.30. The van der Waals surface area contributed by atoms with Crippen LogP contribution in [-0.4, -0.2) is 9.97 Å². The Kier molecular flexibility index (Phi) is 3.55. The quantitative estimate of drug-likeness (QED) is 0.747. The van der Waals surface area contributed by atoms with Gasteiger partial charge < -0.3 is 10.6 Å². The Morgan fingerprint density at radius 1 is 0.550 bits per heavy atom. The highest BCUT2D eigenvalue weighted by atomic mass is 15.0. The predicted molar refractivity (Wildman–Crippen MR) is 81.5 cm³/mol. The summed E-state index contributed by atoms with van der Waals surface area (Å²) in [6, 6.07) is 19.6. The van der Waals surface area contributed by atoms with Crippen molar-refractivity contribution in [3.8, 4) is 0 Å². The minimum absolute atomic E-state index is 0.831. The monoisotopic (exact) mass is 262 g/mol. The molecule has 4 heteroatoms. The third-order valence-electron chi connectivity index (χ3n) is 2.76. The van der Waals surface area contributed by atoms with E-state index < -0.39 is 0 Å². The van der Waals surface area contributed by atoms with Gasteiger partial charge in [0, 0.05) is 23.8 Å². The number of benzene rings is 1. The van der Waals surface area contributed by atoms with Gasteiger partial charge in [-0.2, -0.15) is 0 Å². The first-order valence-corrected chi connectivity index (χ1v) is 6.36. The third kappa shape index (κ3) is 3.11. The van der Waals surface area contributed by atoms with Crippen molar-refractivity contribution >= 4 is 23.0 Å². The Bertz CT molecular complexity index is 591. The number of nitrogens with zero attached hydrogens (tertiary/aromatic N) is 2. The maximum absolute atomic E-state index is 4.23. The first kappa shape index (κ1) is 12.2. The summed E-state index contributed by atoms with van der Waals surface area (Å²) >= 11 is 0. The van der Waals surface area contributed by atoms with Crippen molar-refractivity contribution in [3.05, 3.63) is 73.1 Å². The molecular weight excluding hydrogens is 248 g/mol. The number of hydrogen-bond donors (Lipinski definition) is 2. The Hall–Kier alpha value is -2.88. The van der Waals surface area contributed by atoms with Gasteiger partial charge in [-0.15, -0.1) is 0 Å². The van der Waals surface area contributed by atoms with Gasteiger partial charge in [-0.05, 0) is 48.5 Å². The van der Waals surface area contributed by atoms with Crippen molar-refractivity contribution < 1.29 is 0 Å². The molecule has 0 atom stereocenters. The number of pyridine rings is 2. The van der Waals surface area contributed by atoms with Crippen LogP contribution in [0.15, 0.2) is 73.1 Å². The van der Waals surface area contributed by atoms with Gasteiger partial charge in [-0.1, -0.05) is 12.1 Å². The zero-order valence-electron chi connectivity index (χ0n) is 10.8. The van der Waals surface area contributed by atoms with E-state index >= 15 is 0 Å². The smallest absolute Gasteiger partial charge is 0.130 e. The molecule has 1 aromatic carbocycles. The van der Waals surface area contributed by atoms with Gasteiger partial charge in [-0.25, -0.2) is 9.97 Å². The molecule has 20 heavy (non-hydrogen) atoms. The maximum Gasteiger partial charge on any atom is 0.130 e. The molecule has 0 saturated heterocycles. The molecule has 3 aromatic rings. The van der Waals surface area contributed by atoms with Gasteiger partial charge in [0.1, 0.15) is 11.6 Å². The van der Waals surface area contributed by atoms with Crippen LogP contribution in [0.2, 0.25) is 0 Å². The highest BCUT2D eigenvalue weighted by Crippen LogP contribution is 2.19. The topological polar surface area (TPSA) is 49.8 Å². The lowest BCUT2D eigenvalue weighted by Gasteiger charge is -2.08. The number of aromatic nitrogens is 2. The van der Waals surface area contributed by atoms with Crippen LogP contribution in [0.5, 0.6) is 0 Å². The highest BCUT2D eigenvalue weighted by Gasteiger charge is 1.97. The molecular formula is C16H14N4. The van der Waals surface area contributed by atoms with Gasteiger partial charge in [0.25, 0.3) is 0 Å². The molecule has 0 spiro atoms. The molecule has 0 amide bonds. The molecule has 98 valence electrons. The fourth-order valence-electron chi connectivity index (χ4n) is 1.81. The predicted octanol–water partition coefficient (Wildman–Crippen LogP) is 3.96. The fraction of sp³-hybridized carbons (Fsp3) is 0. The van der Waals surface area contributed by atoms with Crippen LogP contribution in [0.4, 0.5) is 23.0 Å². The molecule has 0 aliphatic carbocycles. The average molecular weight is 262 g/mol. The summed E-state index contributed by atoms with van der Waals surface area (Å²) in [7, 11) is 0. The summed E-state index contributed by atoms with van der Waals surface area (Å²) in [6.07, 6.45) is 3.53. The van der Waals surface area contributed by atoms with Crippen molar-refractivity contribution in [2.45, 2.75) is 0 Å². The van der Waals surface area contributed by atoms with E-state index in [1.165, 1.54) is 0 Å². The number of rotatable bonds is 4. The molecule has 0 fully saturated rings. The largest absolute Gasteiger partial charge is 0.340 e. The van der Waals surface area contributed by atoms with Crippen molar-refractivity contribution in [1.29, 1.82) is 0 Å². The van der Waals surface area contributed by atoms with Crippen LogP contribution in [0.1, 0.15) is 0 Å². The van der Waals surface area contributed by atoms with E-state index in [4.69, 9.17) is 0 Å². The van der Waals surface area contributed by atoms with Crippen LogP contribution < -0.4 is 10.6 Å². The van der Waals surface area contributed by atoms with E-state index in [-0.39, 0.29) is 0 Å². The van der Waals surface area contributed by atoms with E-state index in [1.54, 1.807) is 12.4 Å². The minimum Gasteiger partial charge on any atom is -0.340 e. The zero-order valence-corrected chi connectivity index (χ0v) is 10.8. The van der Waals surface area contributed by atoms with Crippen molar-refractivity contribution in [2.24, 2.45) is 0 Å². The van der Waals surface area contributed by atoms with E-state index in [0.29, 0.717) is 0 Å². The summed E-state index contributed by atoms with van der Waals surface area (Å²) in [4.78, 5) is 8.45. The standard InChI is InChI=1S/C16H14N4/c1-3-11-17-15(5-1)19-13-7-9-14(10-8-13)20-16-6-2-4-12-18-16/h1-12H,(H,17,19)(H,18,20). The summed E-state index contributed by atoms with van der Waals surface area (Å²) in [5.74, 6) is 1.66. The van der Waals surface area contributed by atoms with Gasteiger partial charge in [0.15, 0.2) is 0 Å². The number of nitrogens with one attached hydrogen (secondary N) is 2. The molecule has 0 radical (unpaired) electrons. The van der Waals surface area contributed by atoms with E-state index in [1.807, 2.05) is 60.7 Å². The molecule has 2 aromatic heterocycles. The van der Waals surface area contributed by atoms with Crippen molar-refractivity contribution in [3.63, 3.8) is 0 Å². The van der Waals surface area contributed by atoms with Crippen LogP contribution in [0, 0.1) is 0 Å². The SMILES string of the molecule is c1ccc(Nc2ccc(Nc3ccccn3)cc2)nc1. The molecule has 0 aliphatic heterocycles. The van der Waals surface area contributed by atoms with Crippen LogP contribution in [0.3, 0.4) is 0 Å². The Labute approximate surface area is 117 Å². The van der Waals surface area contributed by atoms with E-state index in [0.717, 1.165) is 23.0 Å². The molecule has 0 aliphatic rings. The van der Waals surface area contributed by atoms with E-state index in [2.05, 4.69) is 20.6 Å². The lowest BCUT2D eigenvalue weighted by Crippen LogP contribution is -1.94. The molecule has 4 nitrogen and oxygen atoms in total. The van der Waals surface area contributed by atoms with E-state index in [9.17, 15) is 0 Å². The van der Waals surface area contributed by atoms with Gasteiger partial charge in [0.05, 0.1) is 0 Å². The first-order chi connectivity index (χ1) is 9.90. The second-order valence-corrected chi connectivity index (χ2v) is 4.26. The molecule has 0 bridgehead atoms. The maximum atomic E-state index is 4.23. The van der Waals surface area contributed by atoms with Gasteiger partial charge in [-0.3, -0.25) is 0 Å². The average Bonchev–Trinajstić information content (AvgIpc) is 2.51. The third-order valence-corrected chi connectivity index (χ3v) is 2.76. The minimum atomic E-state index is 0.831. The second-order valence-electron chi connectivity index (χ2n) is 4.26. The first-order valence-electron chi connectivity index (χ1n) is 6.36. The molecule has 2 heterocycles. The fourth-order valence-corrected chi connectivity index (χ4v) is 1.81. The van der Waals surface area contributed by atoms with Gasteiger partial charge in [0.2, 0.25) is 0 Å². The van der Waals surface area contributed by atoms with Crippen LogP contribution in [-0.2, 0) is 0 Å². The van der Waals surface area contributed by atoms with Crippen molar-refractivity contribution in [1.82, 2.24) is 9.97 Å². The Morgan fingerprint density at radius 2 is 1.00 bits per heavy atom. The summed E-state index contributed by atoms with van der Waals surface area (Å²) in [5.41, 5.74) is 1.99. The number of hydrogen-bond acceptors (Lipinski definition) is 4. The van der Waals surface area contributed by atoms with Crippen LogP contribution in [0.25, 0.3) is 0 Å². The highest BCUT2D eigenvalue weighted by molar-refractivity contribution is 5.63. The molecule has 2 N–H and O–H groups in total. The lowest BCUT2D eigenvalue weighted by atomic mass is 10.2. The second kappa shape index (κ2) is 5.84. The van der Waals surface area contributed by atoms with Crippen molar-refractivity contribution in [2.75, 3.05) is 10.6 Å². The molecule has 3 rings (SSSR count). The zero-order chi connectivity index (χ0) is 13.6. The molecule has 0 unspecified atom stereocenters. The Morgan fingerprint density at radius 3 is 1.35 bits per heavy atom.